The Balaban J connectivity index is 2.32. The highest BCUT2D eigenvalue weighted by Crippen LogP contribution is 2.16. The summed E-state index contributed by atoms with van der Waals surface area (Å²) < 4.78 is 0. The van der Waals surface area contributed by atoms with E-state index in [1.807, 2.05) is 11.9 Å². The van der Waals surface area contributed by atoms with Gasteiger partial charge in [-0.2, -0.15) is 0 Å². The summed E-state index contributed by atoms with van der Waals surface area (Å²) in [6.45, 7) is 6.91. The first-order chi connectivity index (χ1) is 10.1. The van der Waals surface area contributed by atoms with Crippen LogP contribution in [0.15, 0.2) is 4.99 Å². The largest absolute Gasteiger partial charge is 0.356 e. The van der Waals surface area contributed by atoms with Gasteiger partial charge in [0.2, 0.25) is 5.91 Å². The molecule has 21 heavy (non-hydrogen) atoms. The van der Waals surface area contributed by atoms with Gasteiger partial charge in [0.15, 0.2) is 5.96 Å². The van der Waals surface area contributed by atoms with E-state index >= 15 is 0 Å². The van der Waals surface area contributed by atoms with E-state index in [1.54, 1.807) is 7.05 Å². The number of carbonyl (C=O) groups is 1. The molecule has 1 N–H and O–H groups in total. The maximum atomic E-state index is 12.3. The van der Waals surface area contributed by atoms with Crippen molar-refractivity contribution in [1.82, 2.24) is 15.1 Å². The van der Waals surface area contributed by atoms with Crippen LogP contribution in [0.1, 0.15) is 52.4 Å². The van der Waals surface area contributed by atoms with Crippen LogP contribution < -0.4 is 5.32 Å². The number of carbonyl (C=O) groups excluding carboxylic acids is 1. The molecule has 1 fully saturated rings. The van der Waals surface area contributed by atoms with E-state index in [0.29, 0.717) is 19.0 Å². The van der Waals surface area contributed by atoms with Gasteiger partial charge in [-0.25, -0.2) is 0 Å². The van der Waals surface area contributed by atoms with Gasteiger partial charge in [0.1, 0.15) is 0 Å². The third kappa shape index (κ3) is 5.94. The second kappa shape index (κ2) is 9.64. The van der Waals surface area contributed by atoms with Crippen molar-refractivity contribution in [2.24, 2.45) is 4.99 Å². The molecule has 1 aliphatic rings. The van der Waals surface area contributed by atoms with Crippen LogP contribution in [-0.4, -0.2) is 61.4 Å². The number of nitrogens with one attached hydrogen (secondary N) is 1. The molecule has 1 unspecified atom stereocenters. The predicted octanol–water partition coefficient (Wildman–Crippen LogP) is 2.08. The molecule has 1 amide bonds. The number of hydrogen-bond acceptors (Lipinski definition) is 2. The molecule has 1 rings (SSSR count). The highest BCUT2D eigenvalue weighted by molar-refractivity contribution is 5.81. The fourth-order valence-corrected chi connectivity index (χ4v) is 2.78. The van der Waals surface area contributed by atoms with Gasteiger partial charge in [0.25, 0.3) is 0 Å². The monoisotopic (exact) mass is 296 g/mol. The van der Waals surface area contributed by atoms with Gasteiger partial charge < -0.3 is 15.1 Å². The first kappa shape index (κ1) is 17.8. The number of nitrogens with zero attached hydrogens (tertiary/aromatic N) is 3. The molecular weight excluding hydrogens is 264 g/mol. The first-order valence-electron chi connectivity index (χ1n) is 8.31. The summed E-state index contributed by atoms with van der Waals surface area (Å²) in [7, 11) is 3.83. The number of piperidine rings is 1. The summed E-state index contributed by atoms with van der Waals surface area (Å²) in [5, 5.41) is 3.29. The number of unbranched alkanes of at least 4 members (excludes halogenated alkanes) is 1. The third-order valence-corrected chi connectivity index (χ3v) is 4.17. The summed E-state index contributed by atoms with van der Waals surface area (Å²) in [5.41, 5.74) is 0. The molecule has 1 heterocycles. The topological polar surface area (TPSA) is 47.9 Å². The highest BCUT2D eigenvalue weighted by Gasteiger charge is 2.22. The zero-order valence-corrected chi connectivity index (χ0v) is 14.2. The van der Waals surface area contributed by atoms with Crippen molar-refractivity contribution in [2.45, 2.75) is 58.4 Å². The summed E-state index contributed by atoms with van der Waals surface area (Å²) in [6.07, 6.45) is 6.41. The number of guanidine groups is 1. The van der Waals surface area contributed by atoms with Crippen molar-refractivity contribution in [3.63, 3.8) is 0 Å². The molecule has 122 valence electrons. The van der Waals surface area contributed by atoms with E-state index in [1.165, 1.54) is 12.8 Å². The summed E-state index contributed by atoms with van der Waals surface area (Å²) in [6, 6.07) is 0.401. The fourth-order valence-electron chi connectivity index (χ4n) is 2.78. The number of rotatable bonds is 6. The van der Waals surface area contributed by atoms with Gasteiger partial charge in [-0.3, -0.25) is 9.79 Å². The molecule has 1 atom stereocenters. The van der Waals surface area contributed by atoms with Crippen LogP contribution in [0.3, 0.4) is 0 Å². The van der Waals surface area contributed by atoms with Crippen LogP contribution in [0.25, 0.3) is 0 Å². The Bertz CT molecular complexity index is 343. The molecule has 5 nitrogen and oxygen atoms in total. The van der Waals surface area contributed by atoms with Crippen molar-refractivity contribution in [1.29, 1.82) is 0 Å². The van der Waals surface area contributed by atoms with E-state index in [2.05, 4.69) is 29.1 Å². The zero-order chi connectivity index (χ0) is 15.7. The van der Waals surface area contributed by atoms with Crippen LogP contribution in [-0.2, 0) is 4.79 Å². The molecule has 0 spiro atoms. The predicted molar refractivity (Wildman–Crippen MR) is 88.5 cm³/mol. The zero-order valence-electron chi connectivity index (χ0n) is 14.2. The molecule has 0 aliphatic carbocycles. The Hall–Kier alpha value is -1.26. The fraction of sp³-hybridized carbons (Fsp3) is 0.875. The quantitative estimate of drug-likeness (QED) is 0.603. The molecule has 0 radical (unpaired) electrons. The van der Waals surface area contributed by atoms with E-state index < -0.39 is 0 Å². The molecule has 0 aromatic heterocycles. The van der Waals surface area contributed by atoms with E-state index in [-0.39, 0.29) is 5.91 Å². The molecule has 1 aliphatic heterocycles. The standard InChI is InChI=1S/C16H32N4O/c1-5-6-12-19(4)16(17-3)18-11-10-15(21)20-13-8-7-9-14(20)2/h14H,5-13H2,1-4H3,(H,17,18). The van der Waals surface area contributed by atoms with Gasteiger partial charge in [-0.15, -0.1) is 0 Å². The second-order valence-electron chi connectivity index (χ2n) is 5.93. The van der Waals surface area contributed by atoms with Crippen LogP contribution in [0, 0.1) is 0 Å². The summed E-state index contributed by atoms with van der Waals surface area (Å²) >= 11 is 0. The smallest absolute Gasteiger partial charge is 0.224 e. The Morgan fingerprint density at radius 2 is 2.19 bits per heavy atom. The maximum absolute atomic E-state index is 12.3. The average molecular weight is 296 g/mol. The molecule has 1 saturated heterocycles. The number of aliphatic imine (C=N–C) groups is 1. The van der Waals surface area contributed by atoms with Crippen molar-refractivity contribution < 1.29 is 4.79 Å². The molecular formula is C16H32N4O. The average Bonchev–Trinajstić information content (AvgIpc) is 2.49. The Kier molecular flexibility index (Phi) is 8.16. The van der Waals surface area contributed by atoms with Crippen molar-refractivity contribution >= 4 is 11.9 Å². The van der Waals surface area contributed by atoms with Gasteiger partial charge in [-0.1, -0.05) is 13.3 Å². The van der Waals surface area contributed by atoms with Gasteiger partial charge >= 0.3 is 0 Å². The molecule has 5 heteroatoms. The van der Waals surface area contributed by atoms with Crippen LogP contribution in [0.4, 0.5) is 0 Å². The molecule has 0 saturated carbocycles. The second-order valence-corrected chi connectivity index (χ2v) is 5.93. The molecule has 0 aromatic rings. The lowest BCUT2D eigenvalue weighted by Crippen LogP contribution is -2.44. The minimum absolute atomic E-state index is 0.265. The Morgan fingerprint density at radius 3 is 2.81 bits per heavy atom. The van der Waals surface area contributed by atoms with E-state index in [4.69, 9.17) is 0 Å². The van der Waals surface area contributed by atoms with Crippen LogP contribution in [0.5, 0.6) is 0 Å². The Labute approximate surface area is 129 Å². The first-order valence-corrected chi connectivity index (χ1v) is 8.31. The summed E-state index contributed by atoms with van der Waals surface area (Å²) in [4.78, 5) is 20.7. The van der Waals surface area contributed by atoms with E-state index in [0.717, 1.165) is 38.3 Å². The summed E-state index contributed by atoms with van der Waals surface area (Å²) in [5.74, 6) is 1.14. The minimum Gasteiger partial charge on any atom is -0.356 e. The van der Waals surface area contributed by atoms with Gasteiger partial charge in [-0.05, 0) is 32.6 Å². The Morgan fingerprint density at radius 1 is 1.43 bits per heavy atom. The molecule has 0 bridgehead atoms. The minimum atomic E-state index is 0.265. The number of likely N-dealkylation sites (tertiary alicyclic amines) is 1. The SMILES string of the molecule is CCCCN(C)C(=NC)NCCC(=O)N1CCCCC1C. The van der Waals surface area contributed by atoms with Crippen LogP contribution >= 0.6 is 0 Å². The lowest BCUT2D eigenvalue weighted by Gasteiger charge is -2.33. The number of hydrogen-bond donors (Lipinski definition) is 1. The number of amides is 1. The molecule has 0 aromatic carbocycles. The van der Waals surface area contributed by atoms with Crippen molar-refractivity contribution in [2.75, 3.05) is 33.7 Å². The van der Waals surface area contributed by atoms with Crippen LogP contribution in [0.2, 0.25) is 0 Å². The third-order valence-electron chi connectivity index (χ3n) is 4.17. The lowest BCUT2D eigenvalue weighted by molar-refractivity contribution is -0.134. The van der Waals surface area contributed by atoms with E-state index in [9.17, 15) is 4.79 Å². The van der Waals surface area contributed by atoms with Crippen molar-refractivity contribution in [3.8, 4) is 0 Å². The lowest BCUT2D eigenvalue weighted by atomic mass is 10.0. The normalized spacial score (nSPS) is 19.5. The van der Waals surface area contributed by atoms with Gasteiger partial charge in [0.05, 0.1) is 0 Å². The van der Waals surface area contributed by atoms with Gasteiger partial charge in [0, 0.05) is 46.2 Å². The maximum Gasteiger partial charge on any atom is 0.224 e. The highest BCUT2D eigenvalue weighted by atomic mass is 16.2. The van der Waals surface area contributed by atoms with Crippen molar-refractivity contribution in [3.05, 3.63) is 0 Å².